The fourth-order valence-electron chi connectivity index (χ4n) is 2.79. The van der Waals surface area contributed by atoms with Crippen molar-refractivity contribution in [2.75, 3.05) is 6.61 Å². The Morgan fingerprint density at radius 2 is 2.32 bits per heavy atom. The second-order valence-corrected chi connectivity index (χ2v) is 5.46. The molecule has 0 bridgehead atoms. The van der Waals surface area contributed by atoms with E-state index in [0.717, 1.165) is 41.7 Å². The van der Waals surface area contributed by atoms with Gasteiger partial charge in [-0.3, -0.25) is 0 Å². The predicted molar refractivity (Wildman–Crippen MR) is 76.1 cm³/mol. The van der Waals surface area contributed by atoms with Gasteiger partial charge in [0, 0.05) is 12.0 Å². The van der Waals surface area contributed by atoms with Crippen LogP contribution in [0.2, 0.25) is 0 Å². The third kappa shape index (κ3) is 2.67. The van der Waals surface area contributed by atoms with Gasteiger partial charge in [0.2, 0.25) is 0 Å². The molecule has 2 atom stereocenters. The van der Waals surface area contributed by atoms with Crippen molar-refractivity contribution in [3.63, 3.8) is 0 Å². The molecule has 0 amide bonds. The lowest BCUT2D eigenvalue weighted by molar-refractivity contribution is 0.100. The van der Waals surface area contributed by atoms with E-state index < -0.39 is 0 Å². The molecule has 0 saturated carbocycles. The van der Waals surface area contributed by atoms with E-state index >= 15 is 0 Å². The molecule has 1 saturated heterocycles. The average molecular weight is 259 g/mol. The molecule has 2 aromatic rings. The van der Waals surface area contributed by atoms with Gasteiger partial charge < -0.3 is 14.9 Å². The standard InChI is InChI=1S/C16H21NO2/c1-11-4-2-5-12-10-15(19-16(11)12)14(17)8-7-13-6-3-9-18-13/h2,4-5,10,13-14H,3,6-9,17H2,1H3. The zero-order valence-electron chi connectivity index (χ0n) is 11.4. The van der Waals surface area contributed by atoms with E-state index in [0.29, 0.717) is 6.10 Å². The molecule has 0 aliphatic carbocycles. The Bertz CT molecular complexity index is 555. The van der Waals surface area contributed by atoms with Crippen molar-refractivity contribution in [1.82, 2.24) is 0 Å². The summed E-state index contributed by atoms with van der Waals surface area (Å²) in [6, 6.07) is 8.23. The Balaban J connectivity index is 1.70. The van der Waals surface area contributed by atoms with Crippen LogP contribution in [0, 0.1) is 6.92 Å². The maximum absolute atomic E-state index is 6.24. The zero-order chi connectivity index (χ0) is 13.2. The van der Waals surface area contributed by atoms with E-state index in [1.54, 1.807) is 0 Å². The summed E-state index contributed by atoms with van der Waals surface area (Å²) in [5.41, 5.74) is 8.36. The van der Waals surface area contributed by atoms with E-state index in [1.807, 2.05) is 0 Å². The second kappa shape index (κ2) is 5.35. The van der Waals surface area contributed by atoms with Gasteiger partial charge in [-0.05, 0) is 44.2 Å². The lowest BCUT2D eigenvalue weighted by Crippen LogP contribution is -2.13. The Kier molecular flexibility index (Phi) is 3.58. The first-order valence-corrected chi connectivity index (χ1v) is 7.10. The Morgan fingerprint density at radius 3 is 3.05 bits per heavy atom. The first-order chi connectivity index (χ1) is 9.24. The lowest BCUT2D eigenvalue weighted by atomic mass is 10.0. The van der Waals surface area contributed by atoms with Crippen LogP contribution in [0.1, 0.15) is 43.0 Å². The van der Waals surface area contributed by atoms with Crippen LogP contribution in [0.15, 0.2) is 28.7 Å². The monoisotopic (exact) mass is 259 g/mol. The summed E-state index contributed by atoms with van der Waals surface area (Å²) in [5, 5.41) is 1.14. The van der Waals surface area contributed by atoms with Gasteiger partial charge in [-0.1, -0.05) is 18.2 Å². The minimum atomic E-state index is -0.0315. The highest BCUT2D eigenvalue weighted by molar-refractivity contribution is 5.80. The van der Waals surface area contributed by atoms with Crippen LogP contribution in [-0.4, -0.2) is 12.7 Å². The van der Waals surface area contributed by atoms with Gasteiger partial charge in [-0.15, -0.1) is 0 Å². The smallest absolute Gasteiger partial charge is 0.137 e. The number of para-hydroxylation sites is 1. The number of furan rings is 1. The molecular formula is C16H21NO2. The molecule has 2 unspecified atom stereocenters. The van der Waals surface area contributed by atoms with E-state index in [-0.39, 0.29) is 6.04 Å². The number of ether oxygens (including phenoxy) is 1. The first-order valence-electron chi connectivity index (χ1n) is 7.10. The van der Waals surface area contributed by atoms with Crippen LogP contribution in [0.3, 0.4) is 0 Å². The molecule has 102 valence electrons. The molecule has 1 aromatic carbocycles. The van der Waals surface area contributed by atoms with Crippen molar-refractivity contribution in [1.29, 1.82) is 0 Å². The molecule has 0 radical (unpaired) electrons. The summed E-state index contributed by atoms with van der Waals surface area (Å²) < 4.78 is 11.5. The highest BCUT2D eigenvalue weighted by atomic mass is 16.5. The SMILES string of the molecule is Cc1cccc2cc(C(N)CCC3CCCO3)oc12. The molecule has 2 N–H and O–H groups in total. The third-order valence-electron chi connectivity index (χ3n) is 3.95. The highest BCUT2D eigenvalue weighted by Gasteiger charge is 2.19. The molecule has 19 heavy (non-hydrogen) atoms. The minimum absolute atomic E-state index is 0.0315. The number of rotatable bonds is 4. The Labute approximate surface area is 113 Å². The van der Waals surface area contributed by atoms with Gasteiger partial charge in [0.25, 0.3) is 0 Å². The van der Waals surface area contributed by atoms with Gasteiger partial charge >= 0.3 is 0 Å². The van der Waals surface area contributed by atoms with Crippen LogP contribution >= 0.6 is 0 Å². The maximum Gasteiger partial charge on any atom is 0.137 e. The molecule has 1 fully saturated rings. The maximum atomic E-state index is 6.24. The fraction of sp³-hybridized carbons (Fsp3) is 0.500. The van der Waals surface area contributed by atoms with Gasteiger partial charge in [-0.25, -0.2) is 0 Å². The molecule has 3 nitrogen and oxygen atoms in total. The van der Waals surface area contributed by atoms with Crippen molar-refractivity contribution in [3.05, 3.63) is 35.6 Å². The van der Waals surface area contributed by atoms with Crippen molar-refractivity contribution in [2.45, 2.75) is 44.8 Å². The van der Waals surface area contributed by atoms with Crippen molar-refractivity contribution in [3.8, 4) is 0 Å². The summed E-state index contributed by atoms with van der Waals surface area (Å²) >= 11 is 0. The molecule has 3 rings (SSSR count). The normalized spacial score (nSPS) is 21.1. The van der Waals surface area contributed by atoms with Crippen LogP contribution < -0.4 is 5.73 Å². The minimum Gasteiger partial charge on any atom is -0.459 e. The van der Waals surface area contributed by atoms with Crippen molar-refractivity contribution >= 4 is 11.0 Å². The molecule has 1 aliphatic heterocycles. The van der Waals surface area contributed by atoms with Crippen molar-refractivity contribution < 1.29 is 9.15 Å². The van der Waals surface area contributed by atoms with Gasteiger partial charge in [0.05, 0.1) is 12.1 Å². The third-order valence-corrected chi connectivity index (χ3v) is 3.95. The van der Waals surface area contributed by atoms with Gasteiger partial charge in [0.1, 0.15) is 11.3 Å². The number of benzene rings is 1. The number of nitrogens with two attached hydrogens (primary N) is 1. The fourth-order valence-corrected chi connectivity index (χ4v) is 2.79. The largest absolute Gasteiger partial charge is 0.459 e. The summed E-state index contributed by atoms with van der Waals surface area (Å²) in [6.45, 7) is 2.97. The molecule has 3 heteroatoms. The van der Waals surface area contributed by atoms with Gasteiger partial charge in [-0.2, -0.15) is 0 Å². The average Bonchev–Trinajstić information content (AvgIpc) is 3.05. The zero-order valence-corrected chi connectivity index (χ0v) is 11.4. The summed E-state index contributed by atoms with van der Waals surface area (Å²) in [7, 11) is 0. The van der Waals surface area contributed by atoms with Crippen LogP contribution in [0.4, 0.5) is 0 Å². The molecule has 1 aromatic heterocycles. The summed E-state index contributed by atoms with van der Waals surface area (Å²) in [4.78, 5) is 0. The topological polar surface area (TPSA) is 48.4 Å². The second-order valence-electron chi connectivity index (χ2n) is 5.46. The van der Waals surface area contributed by atoms with Gasteiger partial charge in [0.15, 0.2) is 0 Å². The Hall–Kier alpha value is -1.32. The van der Waals surface area contributed by atoms with Crippen LogP contribution in [0.5, 0.6) is 0 Å². The van der Waals surface area contributed by atoms with Crippen LogP contribution in [-0.2, 0) is 4.74 Å². The summed E-state index contributed by atoms with van der Waals surface area (Å²) in [6.07, 6.45) is 4.70. The molecule has 1 aliphatic rings. The molecule has 2 heterocycles. The molecule has 0 spiro atoms. The van der Waals surface area contributed by atoms with Crippen molar-refractivity contribution in [2.24, 2.45) is 5.73 Å². The Morgan fingerprint density at radius 1 is 1.42 bits per heavy atom. The number of hydrogen-bond acceptors (Lipinski definition) is 3. The number of aryl methyl sites for hydroxylation is 1. The molecular weight excluding hydrogens is 238 g/mol. The highest BCUT2D eigenvalue weighted by Crippen LogP contribution is 2.28. The lowest BCUT2D eigenvalue weighted by Gasteiger charge is -2.12. The van der Waals surface area contributed by atoms with E-state index in [4.69, 9.17) is 14.9 Å². The first kappa shape index (κ1) is 12.7. The van der Waals surface area contributed by atoms with Crippen LogP contribution in [0.25, 0.3) is 11.0 Å². The number of hydrogen-bond donors (Lipinski definition) is 1. The quantitative estimate of drug-likeness (QED) is 0.910. The van der Waals surface area contributed by atoms with E-state index in [2.05, 4.69) is 31.2 Å². The number of fused-ring (bicyclic) bond motifs is 1. The van der Waals surface area contributed by atoms with E-state index in [1.165, 1.54) is 12.8 Å². The predicted octanol–water partition coefficient (Wildman–Crippen LogP) is 3.70. The summed E-state index contributed by atoms with van der Waals surface area (Å²) in [5.74, 6) is 0.891. The van der Waals surface area contributed by atoms with E-state index in [9.17, 15) is 0 Å².